The molecule has 0 radical (unpaired) electrons. The summed E-state index contributed by atoms with van der Waals surface area (Å²) in [7, 11) is 1.90. The first-order valence-electron chi connectivity index (χ1n) is 6.07. The molecule has 106 valence electrons. The van der Waals surface area contributed by atoms with Crippen LogP contribution in [0.5, 0.6) is 0 Å². The van der Waals surface area contributed by atoms with E-state index in [0.29, 0.717) is 25.7 Å². The fraction of sp³-hybridized carbons (Fsp3) is 0.200. The van der Waals surface area contributed by atoms with Gasteiger partial charge < -0.3 is 5.32 Å². The lowest BCUT2D eigenvalue weighted by molar-refractivity contribution is 0.654. The quantitative estimate of drug-likeness (QED) is 0.510. The lowest BCUT2D eigenvalue weighted by atomic mass is 9.95. The normalized spacial score (nSPS) is 12.5. The highest BCUT2D eigenvalue weighted by Crippen LogP contribution is 2.44. The molecule has 0 aromatic heterocycles. The first-order valence-corrected chi connectivity index (χ1v) is 7.58. The summed E-state index contributed by atoms with van der Waals surface area (Å²) < 4.78 is 0. The summed E-state index contributed by atoms with van der Waals surface area (Å²) in [6.07, 6.45) is 0. The van der Waals surface area contributed by atoms with Gasteiger partial charge in [-0.2, -0.15) is 0 Å². The monoisotopic (exact) mass is 347 g/mol. The molecule has 5 heteroatoms. The second-order valence-electron chi connectivity index (χ2n) is 4.44. The Morgan fingerprint density at radius 2 is 1.60 bits per heavy atom. The van der Waals surface area contributed by atoms with E-state index in [4.69, 9.17) is 46.4 Å². The summed E-state index contributed by atoms with van der Waals surface area (Å²) in [5.74, 6) is 0. The molecule has 0 saturated carbocycles. The van der Waals surface area contributed by atoms with Crippen LogP contribution < -0.4 is 5.32 Å². The van der Waals surface area contributed by atoms with Crippen molar-refractivity contribution in [1.29, 1.82) is 0 Å². The van der Waals surface area contributed by atoms with E-state index in [1.54, 1.807) is 6.07 Å². The third-order valence-electron chi connectivity index (χ3n) is 3.24. The third kappa shape index (κ3) is 2.93. The molecule has 0 spiro atoms. The van der Waals surface area contributed by atoms with E-state index in [1.807, 2.05) is 31.3 Å². The Labute approximate surface area is 138 Å². The minimum absolute atomic E-state index is 0.160. The molecule has 1 nitrogen and oxygen atoms in total. The molecule has 2 rings (SSSR count). The van der Waals surface area contributed by atoms with Crippen LogP contribution in [0.3, 0.4) is 0 Å². The molecule has 2 aromatic carbocycles. The summed E-state index contributed by atoms with van der Waals surface area (Å²) >= 11 is 24.8. The molecule has 0 aliphatic heterocycles. The zero-order chi connectivity index (χ0) is 14.9. The highest BCUT2D eigenvalue weighted by Gasteiger charge is 2.19. The summed E-state index contributed by atoms with van der Waals surface area (Å²) in [5, 5.41) is 4.74. The van der Waals surface area contributed by atoms with E-state index in [1.165, 1.54) is 0 Å². The van der Waals surface area contributed by atoms with Gasteiger partial charge in [0.1, 0.15) is 0 Å². The number of hydrogen-bond donors (Lipinski definition) is 1. The zero-order valence-corrected chi connectivity index (χ0v) is 14.0. The second kappa shape index (κ2) is 6.55. The summed E-state index contributed by atoms with van der Waals surface area (Å²) in [4.78, 5) is 0. The molecule has 20 heavy (non-hydrogen) atoms. The number of halogens is 4. The van der Waals surface area contributed by atoms with Crippen molar-refractivity contribution in [3.8, 4) is 11.1 Å². The molecule has 1 atom stereocenters. The van der Waals surface area contributed by atoms with Crippen molar-refractivity contribution in [3.63, 3.8) is 0 Å². The van der Waals surface area contributed by atoms with Gasteiger partial charge in [0.25, 0.3) is 0 Å². The van der Waals surface area contributed by atoms with Gasteiger partial charge in [0.15, 0.2) is 0 Å². The Balaban J connectivity index is 2.73. The summed E-state index contributed by atoms with van der Waals surface area (Å²) in [6, 6.07) is 9.70. The van der Waals surface area contributed by atoms with E-state index in [2.05, 4.69) is 12.2 Å². The Morgan fingerprint density at radius 3 is 2.25 bits per heavy atom. The van der Waals surface area contributed by atoms with Crippen molar-refractivity contribution in [1.82, 2.24) is 5.32 Å². The van der Waals surface area contributed by atoms with Gasteiger partial charge in [0.2, 0.25) is 0 Å². The van der Waals surface area contributed by atoms with Crippen LogP contribution in [-0.4, -0.2) is 7.05 Å². The number of hydrogen-bond acceptors (Lipinski definition) is 1. The highest BCUT2D eigenvalue weighted by molar-refractivity contribution is 6.51. The topological polar surface area (TPSA) is 12.0 Å². The number of benzene rings is 2. The third-order valence-corrected chi connectivity index (χ3v) is 4.80. The van der Waals surface area contributed by atoms with Gasteiger partial charge in [-0.1, -0.05) is 70.7 Å². The maximum Gasteiger partial charge on any atom is 0.0785 e. The Bertz CT molecular complexity index is 640. The minimum Gasteiger partial charge on any atom is -0.313 e. The van der Waals surface area contributed by atoms with Crippen LogP contribution >= 0.6 is 46.4 Å². The predicted molar refractivity (Wildman–Crippen MR) is 89.4 cm³/mol. The van der Waals surface area contributed by atoms with E-state index in [-0.39, 0.29) is 6.04 Å². The van der Waals surface area contributed by atoms with Gasteiger partial charge in [0, 0.05) is 11.6 Å². The maximum absolute atomic E-state index is 6.34. The standard InChI is InChI=1S/C15H13Cl4N/c1-8(20-2)9-5-3-4-6-10(9)13-11(16)7-12(17)14(18)15(13)19/h3-8,20H,1-2H3. The predicted octanol–water partition coefficient (Wildman–Crippen LogP) is 6.25. The SMILES string of the molecule is CNC(C)c1ccccc1-c1c(Cl)cc(Cl)c(Cl)c1Cl. The maximum atomic E-state index is 6.34. The average molecular weight is 349 g/mol. The fourth-order valence-corrected chi connectivity index (χ4v) is 3.19. The van der Waals surface area contributed by atoms with Crippen LogP contribution in [0.2, 0.25) is 20.1 Å². The highest BCUT2D eigenvalue weighted by atomic mass is 35.5. The van der Waals surface area contributed by atoms with Crippen molar-refractivity contribution in [2.75, 3.05) is 7.05 Å². The van der Waals surface area contributed by atoms with E-state index < -0.39 is 0 Å². The van der Waals surface area contributed by atoms with E-state index in [9.17, 15) is 0 Å². The number of nitrogens with one attached hydrogen (secondary N) is 1. The summed E-state index contributed by atoms with van der Waals surface area (Å²) in [6.45, 7) is 2.07. The number of rotatable bonds is 3. The van der Waals surface area contributed by atoms with Gasteiger partial charge in [-0.15, -0.1) is 0 Å². The van der Waals surface area contributed by atoms with Gasteiger partial charge >= 0.3 is 0 Å². The Morgan fingerprint density at radius 1 is 0.950 bits per heavy atom. The lowest BCUT2D eigenvalue weighted by Gasteiger charge is -2.18. The molecule has 0 saturated heterocycles. The first-order chi connectivity index (χ1) is 9.47. The van der Waals surface area contributed by atoms with Crippen LogP contribution in [0.15, 0.2) is 30.3 Å². The first kappa shape index (κ1) is 15.9. The molecule has 1 N–H and O–H groups in total. The Kier molecular flexibility index (Phi) is 5.22. The molecule has 0 heterocycles. The van der Waals surface area contributed by atoms with Gasteiger partial charge in [0.05, 0.1) is 20.1 Å². The lowest BCUT2D eigenvalue weighted by Crippen LogP contribution is -2.13. The van der Waals surface area contributed by atoms with Crippen LogP contribution in [0.4, 0.5) is 0 Å². The van der Waals surface area contributed by atoms with Crippen LogP contribution in [0, 0.1) is 0 Å². The van der Waals surface area contributed by atoms with Crippen molar-refractivity contribution in [2.24, 2.45) is 0 Å². The van der Waals surface area contributed by atoms with Crippen LogP contribution in [0.1, 0.15) is 18.5 Å². The van der Waals surface area contributed by atoms with Crippen LogP contribution in [0.25, 0.3) is 11.1 Å². The minimum atomic E-state index is 0.160. The molecule has 0 aliphatic carbocycles. The fourth-order valence-electron chi connectivity index (χ4n) is 2.07. The summed E-state index contributed by atoms with van der Waals surface area (Å²) in [5.41, 5.74) is 2.75. The molecule has 2 aromatic rings. The van der Waals surface area contributed by atoms with E-state index in [0.717, 1.165) is 11.1 Å². The molecule has 0 bridgehead atoms. The van der Waals surface area contributed by atoms with Crippen molar-refractivity contribution in [2.45, 2.75) is 13.0 Å². The van der Waals surface area contributed by atoms with Crippen LogP contribution in [-0.2, 0) is 0 Å². The molecule has 0 aliphatic rings. The van der Waals surface area contributed by atoms with Gasteiger partial charge in [-0.25, -0.2) is 0 Å². The average Bonchev–Trinajstić information content (AvgIpc) is 2.44. The molecule has 1 unspecified atom stereocenters. The Hall–Kier alpha value is -0.440. The molecular weight excluding hydrogens is 336 g/mol. The largest absolute Gasteiger partial charge is 0.313 e. The van der Waals surface area contributed by atoms with Gasteiger partial charge in [-0.3, -0.25) is 0 Å². The van der Waals surface area contributed by atoms with E-state index >= 15 is 0 Å². The van der Waals surface area contributed by atoms with Gasteiger partial charge in [-0.05, 0) is 31.2 Å². The van der Waals surface area contributed by atoms with Crippen molar-refractivity contribution < 1.29 is 0 Å². The molecule has 0 fully saturated rings. The molecular formula is C15H13Cl4N. The van der Waals surface area contributed by atoms with Crippen molar-refractivity contribution in [3.05, 3.63) is 56.0 Å². The smallest absolute Gasteiger partial charge is 0.0785 e. The molecule has 0 amide bonds. The van der Waals surface area contributed by atoms with Crippen molar-refractivity contribution >= 4 is 46.4 Å². The second-order valence-corrected chi connectivity index (χ2v) is 6.01. The zero-order valence-electron chi connectivity index (χ0n) is 11.0.